The average molecular weight is 360 g/mol. The molecular formula is C17H18BrN3O. The topological polar surface area (TPSA) is 46.9 Å². The Labute approximate surface area is 138 Å². The summed E-state index contributed by atoms with van der Waals surface area (Å²) in [5.41, 5.74) is 1.14. The average Bonchev–Trinajstić information content (AvgIpc) is 3.14. The summed E-state index contributed by atoms with van der Waals surface area (Å²) >= 11 is 3.43. The minimum absolute atomic E-state index is 0.0501. The lowest BCUT2D eigenvalue weighted by Gasteiger charge is -2.11. The molecular weight excluding hydrogens is 342 g/mol. The van der Waals surface area contributed by atoms with Gasteiger partial charge in [-0.1, -0.05) is 40.2 Å². The number of benzene rings is 1. The number of carbonyl (C=O) groups excluding carboxylic acids is 1. The lowest BCUT2D eigenvalue weighted by Crippen LogP contribution is -2.18. The molecule has 2 aromatic rings. The van der Waals surface area contributed by atoms with E-state index in [9.17, 15) is 4.79 Å². The van der Waals surface area contributed by atoms with E-state index in [4.69, 9.17) is 0 Å². The van der Waals surface area contributed by atoms with Gasteiger partial charge in [-0.15, -0.1) is 0 Å². The molecule has 4 nitrogen and oxygen atoms in total. The molecule has 3 rings (SSSR count). The third kappa shape index (κ3) is 3.85. The number of rotatable bonds is 5. The Balaban J connectivity index is 1.62. The van der Waals surface area contributed by atoms with Crippen LogP contribution in [-0.2, 0) is 11.3 Å². The maximum atomic E-state index is 12.1. The van der Waals surface area contributed by atoms with Crippen LogP contribution in [-0.4, -0.2) is 15.7 Å². The first-order valence-corrected chi connectivity index (χ1v) is 8.23. The number of nitrogens with one attached hydrogen (secondary N) is 1. The number of amides is 1. The van der Waals surface area contributed by atoms with Crippen molar-refractivity contribution in [1.29, 1.82) is 0 Å². The smallest absolute Gasteiger partial charge is 0.226 e. The van der Waals surface area contributed by atoms with Crippen LogP contribution in [0.2, 0.25) is 0 Å². The molecule has 0 bridgehead atoms. The van der Waals surface area contributed by atoms with Crippen LogP contribution in [0.1, 0.15) is 24.8 Å². The first-order valence-electron chi connectivity index (χ1n) is 7.43. The van der Waals surface area contributed by atoms with E-state index in [1.54, 1.807) is 6.20 Å². The fourth-order valence-corrected chi connectivity index (χ4v) is 2.89. The molecule has 0 unspecified atom stereocenters. The number of allylic oxidation sites excluding steroid dienone is 2. The zero-order chi connectivity index (χ0) is 15.4. The van der Waals surface area contributed by atoms with Crippen molar-refractivity contribution in [3.8, 4) is 0 Å². The first-order chi connectivity index (χ1) is 10.7. The van der Waals surface area contributed by atoms with Gasteiger partial charge in [0.25, 0.3) is 0 Å². The van der Waals surface area contributed by atoms with Crippen molar-refractivity contribution in [2.75, 3.05) is 5.32 Å². The van der Waals surface area contributed by atoms with Crippen molar-refractivity contribution in [2.45, 2.75) is 25.8 Å². The van der Waals surface area contributed by atoms with Crippen LogP contribution in [0, 0.1) is 5.92 Å². The third-order valence-corrected chi connectivity index (χ3v) is 4.32. The Morgan fingerprint density at radius 1 is 1.32 bits per heavy atom. The van der Waals surface area contributed by atoms with Gasteiger partial charge in [0, 0.05) is 17.0 Å². The minimum atomic E-state index is 0.0501. The molecule has 1 amide bonds. The standard InChI is InChI=1S/C17H18BrN3O/c18-15-7-5-14(6-8-15)12-21-16(9-10-19-21)20-17(22)11-13-3-1-2-4-13/h1,3,5-10,13H,2,4,11-12H2,(H,20,22)/t13-/m0/s1. The van der Waals surface area contributed by atoms with Gasteiger partial charge in [0.05, 0.1) is 12.7 Å². The van der Waals surface area contributed by atoms with E-state index in [0.717, 1.165) is 28.7 Å². The van der Waals surface area contributed by atoms with Gasteiger partial charge in [-0.25, -0.2) is 4.68 Å². The molecule has 1 heterocycles. The van der Waals surface area contributed by atoms with Crippen LogP contribution in [0.15, 0.2) is 53.2 Å². The molecule has 0 radical (unpaired) electrons. The largest absolute Gasteiger partial charge is 0.311 e. The molecule has 1 aliphatic rings. The number of nitrogens with zero attached hydrogens (tertiary/aromatic N) is 2. The maximum absolute atomic E-state index is 12.1. The highest BCUT2D eigenvalue weighted by molar-refractivity contribution is 9.10. The predicted octanol–water partition coefficient (Wildman–Crippen LogP) is 3.99. The zero-order valence-electron chi connectivity index (χ0n) is 12.2. The quantitative estimate of drug-likeness (QED) is 0.820. The third-order valence-electron chi connectivity index (χ3n) is 3.79. The summed E-state index contributed by atoms with van der Waals surface area (Å²) in [5, 5.41) is 7.26. The van der Waals surface area contributed by atoms with Gasteiger partial charge in [-0.2, -0.15) is 5.10 Å². The van der Waals surface area contributed by atoms with Gasteiger partial charge in [-0.3, -0.25) is 4.79 Å². The predicted molar refractivity (Wildman–Crippen MR) is 90.6 cm³/mol. The normalized spacial score (nSPS) is 16.9. The summed E-state index contributed by atoms with van der Waals surface area (Å²) in [6.07, 6.45) is 8.70. The Hall–Kier alpha value is -1.88. The molecule has 114 valence electrons. The number of carbonyl (C=O) groups is 1. The molecule has 1 aromatic carbocycles. The van der Waals surface area contributed by atoms with Gasteiger partial charge in [0.1, 0.15) is 5.82 Å². The SMILES string of the molecule is O=C(C[C@H]1C=CCC1)Nc1ccnn1Cc1ccc(Br)cc1. The van der Waals surface area contributed by atoms with Gasteiger partial charge >= 0.3 is 0 Å². The second-order valence-corrected chi connectivity index (χ2v) is 6.43. The maximum Gasteiger partial charge on any atom is 0.226 e. The van der Waals surface area contributed by atoms with Crippen LogP contribution < -0.4 is 5.32 Å². The zero-order valence-corrected chi connectivity index (χ0v) is 13.8. The van der Waals surface area contributed by atoms with Crippen molar-refractivity contribution in [3.63, 3.8) is 0 Å². The van der Waals surface area contributed by atoms with E-state index in [0.29, 0.717) is 18.9 Å². The number of aromatic nitrogens is 2. The first kappa shape index (κ1) is 15.0. The molecule has 0 aliphatic heterocycles. The summed E-state index contributed by atoms with van der Waals surface area (Å²) in [4.78, 5) is 12.1. The van der Waals surface area contributed by atoms with E-state index in [2.05, 4.69) is 38.5 Å². The molecule has 0 saturated carbocycles. The number of hydrogen-bond acceptors (Lipinski definition) is 2. The second kappa shape index (κ2) is 6.92. The molecule has 0 saturated heterocycles. The monoisotopic (exact) mass is 359 g/mol. The lowest BCUT2D eigenvalue weighted by atomic mass is 10.1. The van der Waals surface area contributed by atoms with Crippen molar-refractivity contribution < 1.29 is 4.79 Å². The summed E-state index contributed by atoms with van der Waals surface area (Å²) in [6, 6.07) is 9.93. The molecule has 1 aliphatic carbocycles. The number of halogens is 1. The van der Waals surface area contributed by atoms with E-state index < -0.39 is 0 Å². The number of anilines is 1. The summed E-state index contributed by atoms with van der Waals surface area (Å²) in [5.74, 6) is 1.17. The van der Waals surface area contributed by atoms with Crippen molar-refractivity contribution in [1.82, 2.24) is 9.78 Å². The van der Waals surface area contributed by atoms with Crippen LogP contribution in [0.25, 0.3) is 0 Å². The van der Waals surface area contributed by atoms with Crippen LogP contribution in [0.4, 0.5) is 5.82 Å². The highest BCUT2D eigenvalue weighted by atomic mass is 79.9. The minimum Gasteiger partial charge on any atom is -0.311 e. The Morgan fingerprint density at radius 2 is 2.14 bits per heavy atom. The molecule has 1 N–H and O–H groups in total. The number of hydrogen-bond donors (Lipinski definition) is 1. The second-order valence-electron chi connectivity index (χ2n) is 5.52. The lowest BCUT2D eigenvalue weighted by molar-refractivity contribution is -0.116. The Bertz CT molecular complexity index is 675. The van der Waals surface area contributed by atoms with Gasteiger partial charge in [0.2, 0.25) is 5.91 Å². The van der Waals surface area contributed by atoms with Crippen molar-refractivity contribution in [2.24, 2.45) is 5.92 Å². The molecule has 0 spiro atoms. The summed E-state index contributed by atoms with van der Waals surface area (Å²) < 4.78 is 2.86. The van der Waals surface area contributed by atoms with E-state index in [1.165, 1.54) is 0 Å². The highest BCUT2D eigenvalue weighted by Gasteiger charge is 2.15. The highest BCUT2D eigenvalue weighted by Crippen LogP contribution is 2.21. The Kier molecular flexibility index (Phi) is 4.73. The fourth-order valence-electron chi connectivity index (χ4n) is 2.62. The van der Waals surface area contributed by atoms with Crippen molar-refractivity contribution in [3.05, 3.63) is 58.7 Å². The molecule has 5 heteroatoms. The molecule has 0 fully saturated rings. The summed E-state index contributed by atoms with van der Waals surface area (Å²) in [7, 11) is 0. The van der Waals surface area contributed by atoms with Gasteiger partial charge in [0.15, 0.2) is 0 Å². The van der Waals surface area contributed by atoms with E-state index in [1.807, 2.05) is 35.0 Å². The van der Waals surface area contributed by atoms with Gasteiger partial charge < -0.3 is 5.32 Å². The summed E-state index contributed by atoms with van der Waals surface area (Å²) in [6.45, 7) is 0.638. The molecule has 22 heavy (non-hydrogen) atoms. The Morgan fingerprint density at radius 3 is 2.86 bits per heavy atom. The fraction of sp³-hybridized carbons (Fsp3) is 0.294. The van der Waals surface area contributed by atoms with E-state index in [-0.39, 0.29) is 5.91 Å². The van der Waals surface area contributed by atoms with Crippen LogP contribution >= 0.6 is 15.9 Å². The van der Waals surface area contributed by atoms with Crippen molar-refractivity contribution >= 4 is 27.7 Å². The van der Waals surface area contributed by atoms with Gasteiger partial charge in [-0.05, 0) is 36.5 Å². The van der Waals surface area contributed by atoms with Crippen LogP contribution in [0.3, 0.4) is 0 Å². The molecule has 1 aromatic heterocycles. The van der Waals surface area contributed by atoms with Crippen LogP contribution in [0.5, 0.6) is 0 Å². The molecule has 1 atom stereocenters. The van der Waals surface area contributed by atoms with E-state index >= 15 is 0 Å².